The molecular weight excluding hydrogens is 226 g/mol. The van der Waals surface area contributed by atoms with Gasteiger partial charge in [0.15, 0.2) is 11.6 Å². The number of aliphatic hydroxyl groups excluding tert-OH is 1. The number of hydrogen-bond donors (Lipinski definition) is 3. The number of halogens is 2. The lowest BCUT2D eigenvalue weighted by Gasteiger charge is -2.17. The highest BCUT2D eigenvalue weighted by Gasteiger charge is 2.25. The molecule has 2 rings (SSSR count). The first-order valence-corrected chi connectivity index (χ1v) is 5.75. The van der Waals surface area contributed by atoms with Crippen LogP contribution in [0.5, 0.6) is 0 Å². The van der Waals surface area contributed by atoms with Crippen molar-refractivity contribution in [3.63, 3.8) is 0 Å². The standard InChI is InChI=1S/C12H16F2N2O/c13-8-4-5-9(15)12(11(8)14)16-6-7-2-1-3-10(7)17/h4-5,7,10,16-17H,1-3,6,15H2. The predicted molar refractivity (Wildman–Crippen MR) is 62.6 cm³/mol. The van der Waals surface area contributed by atoms with Gasteiger partial charge >= 0.3 is 0 Å². The van der Waals surface area contributed by atoms with Gasteiger partial charge in [-0.15, -0.1) is 0 Å². The topological polar surface area (TPSA) is 58.3 Å². The summed E-state index contributed by atoms with van der Waals surface area (Å²) in [5.41, 5.74) is 5.75. The van der Waals surface area contributed by atoms with Crippen molar-refractivity contribution in [3.05, 3.63) is 23.8 Å². The lowest BCUT2D eigenvalue weighted by atomic mass is 10.1. The summed E-state index contributed by atoms with van der Waals surface area (Å²) in [4.78, 5) is 0. The molecule has 1 aromatic carbocycles. The van der Waals surface area contributed by atoms with Crippen LogP contribution in [0.2, 0.25) is 0 Å². The Hall–Kier alpha value is -1.36. The number of nitrogens with two attached hydrogens (primary N) is 1. The molecule has 2 unspecified atom stereocenters. The van der Waals surface area contributed by atoms with E-state index < -0.39 is 11.6 Å². The average Bonchev–Trinajstić information content (AvgIpc) is 2.70. The summed E-state index contributed by atoms with van der Waals surface area (Å²) in [7, 11) is 0. The molecule has 0 aromatic heterocycles. The fourth-order valence-electron chi connectivity index (χ4n) is 2.23. The van der Waals surface area contributed by atoms with Crippen LogP contribution in [0.15, 0.2) is 12.1 Å². The number of anilines is 2. The maximum Gasteiger partial charge on any atom is 0.183 e. The second-order valence-corrected chi connectivity index (χ2v) is 4.46. The van der Waals surface area contributed by atoms with Crippen LogP contribution in [0.1, 0.15) is 19.3 Å². The van der Waals surface area contributed by atoms with Crippen molar-refractivity contribution in [2.45, 2.75) is 25.4 Å². The first kappa shape index (κ1) is 12.1. The van der Waals surface area contributed by atoms with E-state index in [0.717, 1.165) is 25.3 Å². The SMILES string of the molecule is Nc1ccc(F)c(F)c1NCC1CCCC1O. The quantitative estimate of drug-likeness (QED) is 0.711. The molecule has 1 aliphatic carbocycles. The molecule has 17 heavy (non-hydrogen) atoms. The van der Waals surface area contributed by atoms with Crippen LogP contribution >= 0.6 is 0 Å². The molecule has 3 nitrogen and oxygen atoms in total. The van der Waals surface area contributed by atoms with Crippen molar-refractivity contribution in [1.29, 1.82) is 0 Å². The number of benzene rings is 1. The summed E-state index contributed by atoms with van der Waals surface area (Å²) in [5, 5.41) is 12.4. The molecule has 1 fully saturated rings. The minimum Gasteiger partial charge on any atom is -0.397 e. The molecule has 1 saturated carbocycles. The Bertz CT molecular complexity index is 412. The molecule has 4 N–H and O–H groups in total. The van der Waals surface area contributed by atoms with Gasteiger partial charge in [-0.05, 0) is 25.0 Å². The van der Waals surface area contributed by atoms with Gasteiger partial charge < -0.3 is 16.2 Å². The summed E-state index contributed by atoms with van der Waals surface area (Å²) < 4.78 is 26.5. The summed E-state index contributed by atoms with van der Waals surface area (Å²) >= 11 is 0. The molecule has 1 aromatic rings. The van der Waals surface area contributed by atoms with Crippen molar-refractivity contribution in [2.75, 3.05) is 17.6 Å². The van der Waals surface area contributed by atoms with Gasteiger partial charge in [-0.1, -0.05) is 6.42 Å². The van der Waals surface area contributed by atoms with E-state index in [4.69, 9.17) is 5.73 Å². The third-order valence-electron chi connectivity index (χ3n) is 3.29. The van der Waals surface area contributed by atoms with Crippen molar-refractivity contribution >= 4 is 11.4 Å². The molecule has 0 spiro atoms. The Balaban J connectivity index is 2.06. The maximum absolute atomic E-state index is 13.5. The number of nitrogens with one attached hydrogen (secondary N) is 1. The number of aliphatic hydroxyl groups is 1. The highest BCUT2D eigenvalue weighted by molar-refractivity contribution is 5.66. The molecule has 0 radical (unpaired) electrons. The Morgan fingerprint density at radius 1 is 1.35 bits per heavy atom. The molecule has 0 bridgehead atoms. The average molecular weight is 242 g/mol. The van der Waals surface area contributed by atoms with Crippen LogP contribution in [0.4, 0.5) is 20.2 Å². The van der Waals surface area contributed by atoms with Crippen LogP contribution in [0, 0.1) is 17.6 Å². The molecule has 2 atom stereocenters. The molecule has 0 aliphatic heterocycles. The Morgan fingerprint density at radius 2 is 2.12 bits per heavy atom. The smallest absolute Gasteiger partial charge is 0.183 e. The van der Waals surface area contributed by atoms with Crippen molar-refractivity contribution in [3.8, 4) is 0 Å². The van der Waals surface area contributed by atoms with Crippen LogP contribution in [-0.2, 0) is 0 Å². The molecular formula is C12H16F2N2O. The molecule has 0 saturated heterocycles. The summed E-state index contributed by atoms with van der Waals surface area (Å²) in [5.74, 6) is -1.80. The summed E-state index contributed by atoms with van der Waals surface area (Å²) in [6.45, 7) is 0.408. The highest BCUT2D eigenvalue weighted by Crippen LogP contribution is 2.28. The minimum absolute atomic E-state index is 0.0101. The van der Waals surface area contributed by atoms with Gasteiger partial charge in [-0.25, -0.2) is 8.78 Å². The van der Waals surface area contributed by atoms with Crippen molar-refractivity contribution < 1.29 is 13.9 Å². The summed E-state index contributed by atoms with van der Waals surface area (Å²) in [6, 6.07) is 2.33. The van der Waals surface area contributed by atoms with Gasteiger partial charge in [0.2, 0.25) is 0 Å². The third kappa shape index (κ3) is 2.49. The van der Waals surface area contributed by atoms with Gasteiger partial charge in [0, 0.05) is 12.5 Å². The van der Waals surface area contributed by atoms with Gasteiger partial charge in [0.05, 0.1) is 17.5 Å². The lowest BCUT2D eigenvalue weighted by Crippen LogP contribution is -2.22. The van der Waals surface area contributed by atoms with E-state index >= 15 is 0 Å². The lowest BCUT2D eigenvalue weighted by molar-refractivity contribution is 0.138. The van der Waals surface area contributed by atoms with E-state index in [2.05, 4.69) is 5.32 Å². The molecule has 5 heteroatoms. The van der Waals surface area contributed by atoms with Gasteiger partial charge in [0.1, 0.15) is 0 Å². The minimum atomic E-state index is -0.961. The van der Waals surface area contributed by atoms with E-state index in [9.17, 15) is 13.9 Å². The Labute approximate surface area is 98.6 Å². The van der Waals surface area contributed by atoms with Crippen molar-refractivity contribution in [1.82, 2.24) is 0 Å². The van der Waals surface area contributed by atoms with Gasteiger partial charge in [-0.3, -0.25) is 0 Å². The second kappa shape index (κ2) is 4.87. The van der Waals surface area contributed by atoms with Crippen molar-refractivity contribution in [2.24, 2.45) is 5.92 Å². The number of nitrogen functional groups attached to an aromatic ring is 1. The Kier molecular flexibility index (Phi) is 3.47. The molecule has 0 amide bonds. The first-order chi connectivity index (χ1) is 8.09. The van der Waals surface area contributed by atoms with E-state index in [0.29, 0.717) is 6.54 Å². The van der Waals surface area contributed by atoms with Gasteiger partial charge in [-0.2, -0.15) is 0 Å². The van der Waals surface area contributed by atoms with E-state index in [1.165, 1.54) is 6.07 Å². The molecule has 1 aliphatic rings. The first-order valence-electron chi connectivity index (χ1n) is 5.75. The highest BCUT2D eigenvalue weighted by atomic mass is 19.2. The normalized spacial score (nSPS) is 23.9. The fourth-order valence-corrected chi connectivity index (χ4v) is 2.23. The second-order valence-electron chi connectivity index (χ2n) is 4.46. The monoisotopic (exact) mass is 242 g/mol. The van der Waals surface area contributed by atoms with Crippen LogP contribution in [0.25, 0.3) is 0 Å². The zero-order valence-corrected chi connectivity index (χ0v) is 9.42. The maximum atomic E-state index is 13.5. The third-order valence-corrected chi connectivity index (χ3v) is 3.29. The zero-order chi connectivity index (χ0) is 12.4. The Morgan fingerprint density at radius 3 is 2.76 bits per heavy atom. The zero-order valence-electron chi connectivity index (χ0n) is 9.42. The van der Waals surface area contributed by atoms with Crippen LogP contribution in [0.3, 0.4) is 0 Å². The predicted octanol–water partition coefficient (Wildman–Crippen LogP) is 2.12. The number of rotatable bonds is 3. The largest absolute Gasteiger partial charge is 0.397 e. The van der Waals surface area contributed by atoms with E-state index in [1.54, 1.807) is 0 Å². The van der Waals surface area contributed by atoms with Gasteiger partial charge in [0.25, 0.3) is 0 Å². The fraction of sp³-hybridized carbons (Fsp3) is 0.500. The molecule has 0 heterocycles. The van der Waals surface area contributed by atoms with E-state index in [-0.39, 0.29) is 23.4 Å². The molecule has 94 valence electrons. The van der Waals surface area contributed by atoms with Crippen LogP contribution < -0.4 is 11.1 Å². The van der Waals surface area contributed by atoms with E-state index in [1.807, 2.05) is 0 Å². The number of hydrogen-bond acceptors (Lipinski definition) is 3. The summed E-state index contributed by atoms with van der Waals surface area (Å²) in [6.07, 6.45) is 2.27. The van der Waals surface area contributed by atoms with Crippen LogP contribution in [-0.4, -0.2) is 17.8 Å².